The molecule has 1 aliphatic heterocycles. The molecule has 3 aromatic carbocycles. The first-order valence-electron chi connectivity index (χ1n) is 14.3. The molecule has 0 bridgehead atoms. The number of hydrogen-bond acceptors (Lipinski definition) is 4. The lowest BCUT2D eigenvalue weighted by atomic mass is 9.79. The summed E-state index contributed by atoms with van der Waals surface area (Å²) in [5.41, 5.74) is 4.67. The molecular formula is C34H40N2O4. The number of nitrogens with zero attached hydrogens (tertiary/aromatic N) is 2. The maximum absolute atomic E-state index is 14.6. The highest BCUT2D eigenvalue weighted by Gasteiger charge is 2.44. The molecular weight excluding hydrogens is 500 g/mol. The monoisotopic (exact) mass is 540 g/mol. The van der Waals surface area contributed by atoms with Crippen LogP contribution >= 0.6 is 0 Å². The maximum Gasteiger partial charge on any atom is 0.410 e. The number of carbonyl (C=O) groups is 2. The quantitative estimate of drug-likeness (QED) is 0.332. The molecule has 1 saturated heterocycles. The molecule has 2 fully saturated rings. The molecule has 0 radical (unpaired) electrons. The van der Waals surface area contributed by atoms with E-state index < -0.39 is 11.5 Å². The van der Waals surface area contributed by atoms with Crippen molar-refractivity contribution in [2.24, 2.45) is 5.92 Å². The van der Waals surface area contributed by atoms with Gasteiger partial charge in [-0.1, -0.05) is 60.7 Å². The van der Waals surface area contributed by atoms with E-state index in [1.165, 1.54) is 0 Å². The van der Waals surface area contributed by atoms with Gasteiger partial charge in [-0.05, 0) is 81.2 Å². The molecule has 3 aromatic rings. The Balaban J connectivity index is 1.51. The first-order chi connectivity index (χ1) is 19.1. The third-order valence-corrected chi connectivity index (χ3v) is 7.82. The van der Waals surface area contributed by atoms with E-state index in [1.807, 2.05) is 69.0 Å². The molecule has 5 rings (SSSR count). The molecule has 2 amide bonds. The van der Waals surface area contributed by atoms with E-state index in [-0.39, 0.29) is 24.0 Å². The summed E-state index contributed by atoms with van der Waals surface area (Å²) in [6, 6.07) is 25.0. The Morgan fingerprint density at radius 2 is 1.62 bits per heavy atom. The summed E-state index contributed by atoms with van der Waals surface area (Å²) >= 11 is 0. The van der Waals surface area contributed by atoms with Gasteiger partial charge in [0.05, 0.1) is 13.0 Å². The van der Waals surface area contributed by atoms with E-state index in [2.05, 4.69) is 36.4 Å². The van der Waals surface area contributed by atoms with Crippen LogP contribution in [0.15, 0.2) is 72.8 Å². The topological polar surface area (TPSA) is 59.1 Å². The molecule has 6 nitrogen and oxygen atoms in total. The molecule has 0 unspecified atom stereocenters. The summed E-state index contributed by atoms with van der Waals surface area (Å²) in [5.74, 6) is 0.391. The summed E-state index contributed by atoms with van der Waals surface area (Å²) in [7, 11) is 1.66. The number of anilines is 1. The van der Waals surface area contributed by atoms with Crippen molar-refractivity contribution in [2.75, 3.05) is 25.1 Å². The van der Waals surface area contributed by atoms with Crippen LogP contribution in [-0.4, -0.2) is 48.7 Å². The zero-order chi connectivity index (χ0) is 28.4. The van der Waals surface area contributed by atoms with Crippen molar-refractivity contribution in [3.8, 4) is 16.9 Å². The Labute approximate surface area is 237 Å². The summed E-state index contributed by atoms with van der Waals surface area (Å²) in [4.78, 5) is 31.4. The number of aryl methyl sites for hydroxylation is 1. The number of amides is 2. The molecule has 1 saturated carbocycles. The van der Waals surface area contributed by atoms with E-state index in [0.29, 0.717) is 19.5 Å². The number of ether oxygens (including phenoxy) is 2. The van der Waals surface area contributed by atoms with Gasteiger partial charge in [-0.15, -0.1) is 0 Å². The molecule has 0 N–H and O–H groups in total. The summed E-state index contributed by atoms with van der Waals surface area (Å²) < 4.78 is 11.3. The Kier molecular flexibility index (Phi) is 7.88. The fourth-order valence-electron chi connectivity index (χ4n) is 5.66. The van der Waals surface area contributed by atoms with Crippen molar-refractivity contribution in [3.63, 3.8) is 0 Å². The minimum absolute atomic E-state index is 0.0246. The van der Waals surface area contributed by atoms with E-state index >= 15 is 0 Å². The molecule has 2 atom stereocenters. The summed E-state index contributed by atoms with van der Waals surface area (Å²) in [6.07, 6.45) is 2.26. The van der Waals surface area contributed by atoms with E-state index in [0.717, 1.165) is 46.5 Å². The number of carbonyl (C=O) groups excluding carboxylic acids is 2. The minimum Gasteiger partial charge on any atom is -0.496 e. The van der Waals surface area contributed by atoms with Crippen molar-refractivity contribution in [1.82, 2.24) is 4.90 Å². The second-order valence-electron chi connectivity index (χ2n) is 12.0. The Morgan fingerprint density at radius 3 is 2.30 bits per heavy atom. The van der Waals surface area contributed by atoms with Gasteiger partial charge in [0.2, 0.25) is 5.91 Å². The first-order valence-corrected chi connectivity index (χ1v) is 14.3. The first kappa shape index (κ1) is 27.8. The number of likely N-dealkylation sites (tertiary alicyclic amines) is 1. The van der Waals surface area contributed by atoms with E-state index in [4.69, 9.17) is 9.47 Å². The van der Waals surface area contributed by atoms with Gasteiger partial charge >= 0.3 is 6.09 Å². The van der Waals surface area contributed by atoms with Gasteiger partial charge in [-0.3, -0.25) is 4.79 Å². The summed E-state index contributed by atoms with van der Waals surface area (Å²) in [5, 5.41) is 0. The predicted octanol–water partition coefficient (Wildman–Crippen LogP) is 7.21. The van der Waals surface area contributed by atoms with Gasteiger partial charge in [-0.25, -0.2) is 4.79 Å². The molecule has 1 aliphatic carbocycles. The second-order valence-corrected chi connectivity index (χ2v) is 12.0. The largest absolute Gasteiger partial charge is 0.496 e. The predicted molar refractivity (Wildman–Crippen MR) is 159 cm³/mol. The Hall–Kier alpha value is -3.80. The molecule has 2 aliphatic rings. The third kappa shape index (κ3) is 6.16. The highest BCUT2D eigenvalue weighted by atomic mass is 16.6. The van der Waals surface area contributed by atoms with Crippen molar-refractivity contribution < 1.29 is 19.1 Å². The standard InChI is InChI=1S/C34H40N2O4/c1-23-14-15-28(21-31(23)39-5)36(27-16-17-27)32(37)30-22-35(33(38)40-34(2,3)4)19-18-29(30)26-13-9-12-25(20-26)24-10-7-6-8-11-24/h6-15,20-21,27,29-30H,16-19,22H2,1-5H3/t29-,30+/m1/s1. The van der Waals surface area contributed by atoms with Gasteiger partial charge in [0, 0.05) is 30.9 Å². The van der Waals surface area contributed by atoms with Crippen LogP contribution < -0.4 is 9.64 Å². The lowest BCUT2D eigenvalue weighted by molar-refractivity contribution is -0.124. The number of rotatable bonds is 6. The van der Waals surface area contributed by atoms with E-state index in [1.54, 1.807) is 12.0 Å². The summed E-state index contributed by atoms with van der Waals surface area (Å²) in [6.45, 7) is 8.47. The van der Waals surface area contributed by atoms with Gasteiger partial charge in [-0.2, -0.15) is 0 Å². The SMILES string of the molecule is COc1cc(N(C(=O)[C@H]2CN(C(=O)OC(C)(C)C)CC[C@@H]2c2cccc(-c3ccccc3)c2)C2CC2)ccc1C. The fourth-order valence-corrected chi connectivity index (χ4v) is 5.66. The zero-order valence-electron chi connectivity index (χ0n) is 24.2. The number of hydrogen-bond donors (Lipinski definition) is 0. The van der Waals surface area contributed by atoms with Crippen molar-refractivity contribution >= 4 is 17.7 Å². The molecule has 210 valence electrons. The van der Waals surface area contributed by atoms with Crippen LogP contribution in [0.25, 0.3) is 11.1 Å². The third-order valence-electron chi connectivity index (χ3n) is 7.82. The normalized spacial score (nSPS) is 19.2. The van der Waals surface area contributed by atoms with Crippen LogP contribution in [0, 0.1) is 12.8 Å². The molecule has 6 heteroatoms. The van der Waals surface area contributed by atoms with Crippen LogP contribution in [0.3, 0.4) is 0 Å². The van der Waals surface area contributed by atoms with Crippen molar-refractivity contribution in [1.29, 1.82) is 0 Å². The number of piperidine rings is 1. The zero-order valence-corrected chi connectivity index (χ0v) is 24.2. The molecule has 0 spiro atoms. The van der Waals surface area contributed by atoms with Gasteiger partial charge in [0.1, 0.15) is 11.4 Å². The van der Waals surface area contributed by atoms with E-state index in [9.17, 15) is 9.59 Å². The lowest BCUT2D eigenvalue weighted by Crippen LogP contribution is -2.51. The highest BCUT2D eigenvalue weighted by molar-refractivity contribution is 5.97. The van der Waals surface area contributed by atoms with Gasteiger partial charge < -0.3 is 19.3 Å². The van der Waals surface area contributed by atoms with Crippen LogP contribution in [0.1, 0.15) is 57.1 Å². The van der Waals surface area contributed by atoms with Crippen LogP contribution in [0.2, 0.25) is 0 Å². The smallest absolute Gasteiger partial charge is 0.410 e. The maximum atomic E-state index is 14.6. The number of methoxy groups -OCH3 is 1. The second kappa shape index (κ2) is 11.4. The number of benzene rings is 3. The Bertz CT molecular complexity index is 1360. The Morgan fingerprint density at radius 1 is 0.900 bits per heavy atom. The lowest BCUT2D eigenvalue weighted by Gasteiger charge is -2.40. The fraction of sp³-hybridized carbons (Fsp3) is 0.412. The van der Waals surface area contributed by atoms with Gasteiger partial charge in [0.15, 0.2) is 0 Å². The van der Waals surface area contributed by atoms with Crippen LogP contribution in [0.4, 0.5) is 10.5 Å². The molecule has 0 aromatic heterocycles. The van der Waals surface area contributed by atoms with Gasteiger partial charge in [0.25, 0.3) is 0 Å². The average molecular weight is 541 g/mol. The average Bonchev–Trinajstić information content (AvgIpc) is 3.78. The molecule has 40 heavy (non-hydrogen) atoms. The van der Waals surface area contributed by atoms with Crippen LogP contribution in [0.5, 0.6) is 5.75 Å². The minimum atomic E-state index is -0.601. The molecule has 1 heterocycles. The highest BCUT2D eigenvalue weighted by Crippen LogP contribution is 2.41. The van der Waals surface area contributed by atoms with Crippen molar-refractivity contribution in [3.05, 3.63) is 83.9 Å². The van der Waals surface area contributed by atoms with Crippen LogP contribution in [-0.2, 0) is 9.53 Å². The van der Waals surface area contributed by atoms with Crippen molar-refractivity contribution in [2.45, 2.75) is 64.5 Å².